The van der Waals surface area contributed by atoms with Crippen LogP contribution in [-0.2, 0) is 10.0 Å². The number of furan rings is 1. The van der Waals surface area contributed by atoms with E-state index in [4.69, 9.17) is 8.94 Å². The van der Waals surface area contributed by atoms with Crippen molar-refractivity contribution in [2.45, 2.75) is 25.9 Å². The first-order valence-electron chi connectivity index (χ1n) is 7.10. The van der Waals surface area contributed by atoms with E-state index in [2.05, 4.69) is 9.88 Å². The minimum Gasteiger partial charge on any atom is -0.439 e. The van der Waals surface area contributed by atoms with Crippen molar-refractivity contribution in [2.24, 2.45) is 0 Å². The first kappa shape index (κ1) is 16.3. The second-order valence-corrected chi connectivity index (χ2v) is 7.02. The number of hydrogen-bond acceptors (Lipinski definition) is 5. The molecular weight excluding hydrogens is 335 g/mol. The summed E-state index contributed by atoms with van der Waals surface area (Å²) >= 11 is 0. The highest BCUT2D eigenvalue weighted by Crippen LogP contribution is 2.29. The van der Waals surface area contributed by atoms with Gasteiger partial charge in [0, 0.05) is 5.56 Å². The molecule has 0 atom stereocenters. The highest BCUT2D eigenvalue weighted by Gasteiger charge is 2.22. The number of sulfonamides is 1. The van der Waals surface area contributed by atoms with E-state index in [9.17, 15) is 12.8 Å². The summed E-state index contributed by atoms with van der Waals surface area (Å²) in [5.41, 5.74) is 2.00. The summed E-state index contributed by atoms with van der Waals surface area (Å²) in [6.07, 6.45) is 0. The van der Waals surface area contributed by atoms with Crippen LogP contribution in [0.15, 0.2) is 44.4 Å². The summed E-state index contributed by atoms with van der Waals surface area (Å²) in [6.45, 7) is 5.16. The molecule has 0 fully saturated rings. The van der Waals surface area contributed by atoms with Gasteiger partial charge in [0.15, 0.2) is 5.76 Å². The van der Waals surface area contributed by atoms with Crippen LogP contribution in [0, 0.1) is 26.6 Å². The first-order chi connectivity index (χ1) is 11.3. The fraction of sp³-hybridized carbons (Fsp3) is 0.188. The average Bonchev–Trinajstić information content (AvgIpc) is 3.12. The van der Waals surface area contributed by atoms with Crippen LogP contribution >= 0.6 is 0 Å². The molecule has 0 aliphatic carbocycles. The van der Waals surface area contributed by atoms with Gasteiger partial charge in [0.25, 0.3) is 10.0 Å². The van der Waals surface area contributed by atoms with Crippen molar-refractivity contribution < 1.29 is 21.7 Å². The van der Waals surface area contributed by atoms with E-state index in [1.807, 2.05) is 0 Å². The zero-order chi connectivity index (χ0) is 17.5. The second-order valence-electron chi connectivity index (χ2n) is 5.41. The minimum atomic E-state index is -3.98. The molecule has 8 heteroatoms. The largest absolute Gasteiger partial charge is 0.439 e. The monoisotopic (exact) mass is 350 g/mol. The predicted octanol–water partition coefficient (Wildman–Crippen LogP) is 3.80. The Bertz CT molecular complexity index is 1010. The highest BCUT2D eigenvalue weighted by molar-refractivity contribution is 7.92. The van der Waals surface area contributed by atoms with Crippen LogP contribution in [0.2, 0.25) is 0 Å². The number of nitrogens with one attached hydrogen (secondary N) is 1. The molecule has 3 rings (SSSR count). The molecule has 0 unspecified atom stereocenters. The zero-order valence-corrected chi connectivity index (χ0v) is 14.1. The predicted molar refractivity (Wildman–Crippen MR) is 85.6 cm³/mol. The van der Waals surface area contributed by atoms with Crippen molar-refractivity contribution in [1.82, 2.24) is 5.16 Å². The molecule has 1 aromatic carbocycles. The third-order valence-electron chi connectivity index (χ3n) is 3.65. The molecule has 3 aromatic rings. The number of hydrogen-bond donors (Lipinski definition) is 1. The standard InChI is InChI=1S/C16H15FN2O4S/c1-9-4-5-12(8-13(9)17)19-24(20,21)15-7-6-14(22-15)16-10(2)11(3)18-23-16/h4-8,19H,1-3H3. The van der Waals surface area contributed by atoms with E-state index in [1.165, 1.54) is 24.3 Å². The van der Waals surface area contributed by atoms with Crippen molar-refractivity contribution >= 4 is 15.7 Å². The number of aryl methyl sites for hydroxylation is 2. The molecule has 0 amide bonds. The first-order valence-corrected chi connectivity index (χ1v) is 8.58. The Labute approximate surface area is 138 Å². The van der Waals surface area contributed by atoms with Gasteiger partial charge in [0.2, 0.25) is 10.9 Å². The lowest BCUT2D eigenvalue weighted by molar-refractivity contribution is 0.398. The number of nitrogens with zero attached hydrogens (tertiary/aromatic N) is 1. The molecule has 2 aromatic heterocycles. The van der Waals surface area contributed by atoms with E-state index >= 15 is 0 Å². The molecule has 126 valence electrons. The number of anilines is 1. The molecule has 0 spiro atoms. The van der Waals surface area contributed by atoms with Crippen molar-refractivity contribution in [3.05, 3.63) is 53.0 Å². The van der Waals surface area contributed by atoms with E-state index < -0.39 is 15.8 Å². The van der Waals surface area contributed by atoms with Gasteiger partial charge in [-0.15, -0.1) is 0 Å². The van der Waals surface area contributed by atoms with Crippen molar-refractivity contribution in [1.29, 1.82) is 0 Å². The van der Waals surface area contributed by atoms with Crippen LogP contribution in [0.1, 0.15) is 16.8 Å². The van der Waals surface area contributed by atoms with Crippen molar-refractivity contribution in [3.63, 3.8) is 0 Å². The van der Waals surface area contributed by atoms with E-state index in [1.54, 1.807) is 20.8 Å². The summed E-state index contributed by atoms with van der Waals surface area (Å²) < 4.78 is 51.1. The van der Waals surface area contributed by atoms with Crippen LogP contribution in [-0.4, -0.2) is 13.6 Å². The normalized spacial score (nSPS) is 11.7. The topological polar surface area (TPSA) is 85.3 Å². The lowest BCUT2D eigenvalue weighted by Gasteiger charge is -2.06. The molecule has 0 aliphatic rings. The molecule has 0 radical (unpaired) electrons. The average molecular weight is 350 g/mol. The van der Waals surface area contributed by atoms with Gasteiger partial charge in [-0.3, -0.25) is 4.72 Å². The lowest BCUT2D eigenvalue weighted by atomic mass is 10.2. The zero-order valence-electron chi connectivity index (χ0n) is 13.3. The number of rotatable bonds is 4. The Balaban J connectivity index is 1.90. The Kier molecular flexibility index (Phi) is 3.92. The number of benzene rings is 1. The maximum absolute atomic E-state index is 13.6. The third-order valence-corrected chi connectivity index (χ3v) is 4.90. The second kappa shape index (κ2) is 5.79. The number of aromatic nitrogens is 1. The van der Waals surface area contributed by atoms with Crippen LogP contribution in [0.4, 0.5) is 10.1 Å². The molecule has 1 N–H and O–H groups in total. The van der Waals surface area contributed by atoms with Gasteiger partial charge in [0.05, 0.1) is 11.4 Å². The lowest BCUT2D eigenvalue weighted by Crippen LogP contribution is -2.12. The Morgan fingerprint density at radius 1 is 1.12 bits per heavy atom. The quantitative estimate of drug-likeness (QED) is 0.773. The van der Waals surface area contributed by atoms with Crippen molar-refractivity contribution in [3.8, 4) is 11.5 Å². The van der Waals surface area contributed by atoms with Crippen LogP contribution in [0.25, 0.3) is 11.5 Å². The fourth-order valence-electron chi connectivity index (χ4n) is 2.09. The van der Waals surface area contributed by atoms with Crippen molar-refractivity contribution in [2.75, 3.05) is 4.72 Å². The van der Waals surface area contributed by atoms with Gasteiger partial charge in [0.1, 0.15) is 5.82 Å². The summed E-state index contributed by atoms with van der Waals surface area (Å²) in [7, 11) is -3.98. The molecular formula is C16H15FN2O4S. The van der Waals surface area contributed by atoms with E-state index in [0.717, 1.165) is 11.6 Å². The van der Waals surface area contributed by atoms with E-state index in [-0.39, 0.29) is 16.5 Å². The Morgan fingerprint density at radius 2 is 1.88 bits per heavy atom. The van der Waals surface area contributed by atoms with Gasteiger partial charge in [-0.25, -0.2) is 4.39 Å². The van der Waals surface area contributed by atoms with Gasteiger partial charge in [-0.1, -0.05) is 11.2 Å². The summed E-state index contributed by atoms with van der Waals surface area (Å²) in [4.78, 5) is 0. The SMILES string of the molecule is Cc1ccc(NS(=O)(=O)c2ccc(-c3onc(C)c3C)o2)cc1F. The maximum atomic E-state index is 13.6. The molecule has 2 heterocycles. The Hall–Kier alpha value is -2.61. The van der Waals surface area contributed by atoms with Gasteiger partial charge >= 0.3 is 0 Å². The fourth-order valence-corrected chi connectivity index (χ4v) is 3.08. The number of halogens is 1. The summed E-state index contributed by atoms with van der Waals surface area (Å²) in [5, 5.41) is 3.51. The minimum absolute atomic E-state index is 0.114. The highest BCUT2D eigenvalue weighted by atomic mass is 32.2. The van der Waals surface area contributed by atoms with Gasteiger partial charge in [-0.2, -0.15) is 8.42 Å². The third kappa shape index (κ3) is 2.92. The summed E-state index contributed by atoms with van der Waals surface area (Å²) in [5.74, 6) is 0.127. The molecule has 0 saturated carbocycles. The molecule has 24 heavy (non-hydrogen) atoms. The molecule has 0 saturated heterocycles. The molecule has 6 nitrogen and oxygen atoms in total. The summed E-state index contributed by atoms with van der Waals surface area (Å²) in [6, 6.07) is 6.86. The molecule has 0 aliphatic heterocycles. The smallest absolute Gasteiger partial charge is 0.295 e. The van der Waals surface area contributed by atoms with Crippen LogP contribution in [0.5, 0.6) is 0 Å². The van der Waals surface area contributed by atoms with Gasteiger partial charge < -0.3 is 8.94 Å². The van der Waals surface area contributed by atoms with E-state index in [0.29, 0.717) is 17.0 Å². The van der Waals surface area contributed by atoms with Crippen LogP contribution < -0.4 is 4.72 Å². The van der Waals surface area contributed by atoms with Gasteiger partial charge in [-0.05, 0) is 50.6 Å². The van der Waals surface area contributed by atoms with Crippen LogP contribution in [0.3, 0.4) is 0 Å². The maximum Gasteiger partial charge on any atom is 0.295 e. The Morgan fingerprint density at radius 3 is 2.50 bits per heavy atom. The molecule has 0 bridgehead atoms.